The summed E-state index contributed by atoms with van der Waals surface area (Å²) in [6.07, 6.45) is -2.89. The molecule has 11 heteroatoms. The van der Waals surface area contributed by atoms with Crippen molar-refractivity contribution in [3.8, 4) is 5.75 Å². The van der Waals surface area contributed by atoms with Crippen molar-refractivity contribution in [1.82, 2.24) is 20.3 Å². The first kappa shape index (κ1) is 21.6. The molecule has 0 spiro atoms. The third kappa shape index (κ3) is 5.29. The van der Waals surface area contributed by atoms with Gasteiger partial charge in [0.05, 0.1) is 11.4 Å². The molecule has 0 saturated carbocycles. The minimum atomic E-state index is -4.77. The molecule has 0 bridgehead atoms. The Bertz CT molecular complexity index is 1120. The van der Waals surface area contributed by atoms with Gasteiger partial charge in [-0.05, 0) is 49.1 Å². The number of halogens is 3. The van der Waals surface area contributed by atoms with Crippen molar-refractivity contribution in [1.29, 1.82) is 0 Å². The maximum absolute atomic E-state index is 12.6. The zero-order valence-corrected chi connectivity index (χ0v) is 16.8. The number of fused-ring (bicyclic) bond motifs is 1. The summed E-state index contributed by atoms with van der Waals surface area (Å²) in [5.74, 6) is -0.845. The highest BCUT2D eigenvalue weighted by Gasteiger charge is 2.31. The van der Waals surface area contributed by atoms with Crippen LogP contribution in [0.15, 0.2) is 52.2 Å². The predicted molar refractivity (Wildman–Crippen MR) is 105 cm³/mol. The van der Waals surface area contributed by atoms with E-state index in [1.807, 2.05) is 12.3 Å². The summed E-state index contributed by atoms with van der Waals surface area (Å²) in [5.41, 5.74) is 0.566. The number of nitrogens with zero attached hydrogens (tertiary/aromatic N) is 3. The van der Waals surface area contributed by atoms with Gasteiger partial charge in [0.1, 0.15) is 17.8 Å². The summed E-state index contributed by atoms with van der Waals surface area (Å²) < 4.78 is 41.5. The van der Waals surface area contributed by atoms with Crippen LogP contribution in [0.1, 0.15) is 18.5 Å². The number of rotatable bonds is 6. The quantitative estimate of drug-likeness (QED) is 0.595. The first-order valence-corrected chi connectivity index (χ1v) is 9.95. The van der Waals surface area contributed by atoms with E-state index >= 15 is 0 Å². The number of carbonyl (C=O) groups excluding carboxylic acids is 1. The zero-order valence-electron chi connectivity index (χ0n) is 15.9. The Labute approximate surface area is 173 Å². The van der Waals surface area contributed by atoms with Crippen molar-refractivity contribution < 1.29 is 22.7 Å². The van der Waals surface area contributed by atoms with Gasteiger partial charge < -0.3 is 10.1 Å². The number of alkyl halides is 3. The zero-order chi connectivity index (χ0) is 21.9. The Hall–Kier alpha value is -3.08. The highest BCUT2D eigenvalue weighted by Crippen LogP contribution is 2.24. The van der Waals surface area contributed by atoms with E-state index in [0.29, 0.717) is 16.5 Å². The number of nitrogens with one attached hydrogen (secondary N) is 1. The van der Waals surface area contributed by atoms with Crippen LogP contribution in [-0.2, 0) is 11.3 Å². The first-order chi connectivity index (χ1) is 14.2. The van der Waals surface area contributed by atoms with Crippen LogP contribution < -0.4 is 15.6 Å². The second-order valence-corrected chi connectivity index (χ2v) is 7.22. The van der Waals surface area contributed by atoms with Crippen LogP contribution in [0.2, 0.25) is 0 Å². The Morgan fingerprint density at radius 2 is 1.93 bits per heavy atom. The molecule has 0 unspecified atom stereocenters. The van der Waals surface area contributed by atoms with Gasteiger partial charge in [0.25, 0.3) is 5.56 Å². The molecule has 0 radical (unpaired) electrons. The Morgan fingerprint density at radius 3 is 2.57 bits per heavy atom. The summed E-state index contributed by atoms with van der Waals surface area (Å²) in [6.45, 7) is 1.32. The van der Waals surface area contributed by atoms with Gasteiger partial charge in [-0.15, -0.1) is 30.0 Å². The molecule has 0 aliphatic heterocycles. The van der Waals surface area contributed by atoms with Crippen LogP contribution in [-0.4, -0.2) is 33.5 Å². The Morgan fingerprint density at radius 1 is 1.23 bits per heavy atom. The van der Waals surface area contributed by atoms with Gasteiger partial charge in [0, 0.05) is 4.90 Å². The number of thioether (sulfide) groups is 1. The summed E-state index contributed by atoms with van der Waals surface area (Å²) in [6, 6.07) is 9.85. The van der Waals surface area contributed by atoms with Crippen LogP contribution >= 0.6 is 11.8 Å². The van der Waals surface area contributed by atoms with Crippen molar-refractivity contribution in [2.45, 2.75) is 30.8 Å². The van der Waals surface area contributed by atoms with Crippen LogP contribution in [0.25, 0.3) is 10.9 Å². The monoisotopic (exact) mass is 438 g/mol. The lowest BCUT2D eigenvalue weighted by molar-refractivity contribution is -0.274. The lowest BCUT2D eigenvalue weighted by Gasteiger charge is -2.15. The smallest absolute Gasteiger partial charge is 0.406 e. The number of hydrogen-bond donors (Lipinski definition) is 1. The third-order valence-electron chi connectivity index (χ3n) is 4.21. The van der Waals surface area contributed by atoms with Crippen molar-refractivity contribution in [3.63, 3.8) is 0 Å². The van der Waals surface area contributed by atoms with E-state index in [0.717, 1.165) is 21.7 Å². The standard InChI is InChI=1S/C19H17F3N4O3S/c1-11(12-3-5-13(6-4-12)29-19(20,21)22)23-17(27)10-26-18(28)15-9-14(30-2)7-8-16(15)24-25-26/h3-9,11H,10H2,1-2H3,(H,23,27)/t11-/m0/s1. The maximum atomic E-state index is 12.6. The predicted octanol–water partition coefficient (Wildman–Crippen LogP) is 3.29. The topological polar surface area (TPSA) is 86.1 Å². The molecule has 1 amide bonds. The highest BCUT2D eigenvalue weighted by molar-refractivity contribution is 7.98. The number of carbonyl (C=O) groups is 1. The van der Waals surface area contributed by atoms with Gasteiger partial charge in [-0.3, -0.25) is 9.59 Å². The minimum absolute atomic E-state index is 0.342. The summed E-state index contributed by atoms with van der Waals surface area (Å²) in [4.78, 5) is 25.8. The number of benzene rings is 2. The van der Waals surface area contributed by atoms with Crippen LogP contribution in [0.5, 0.6) is 5.75 Å². The van der Waals surface area contributed by atoms with Gasteiger partial charge in [-0.25, -0.2) is 4.68 Å². The van der Waals surface area contributed by atoms with E-state index in [1.54, 1.807) is 19.1 Å². The molecule has 3 rings (SSSR count). The van der Waals surface area contributed by atoms with Gasteiger partial charge >= 0.3 is 6.36 Å². The van der Waals surface area contributed by atoms with Crippen LogP contribution in [0, 0.1) is 0 Å². The Balaban J connectivity index is 1.69. The van der Waals surface area contributed by atoms with E-state index in [9.17, 15) is 22.8 Å². The molecule has 0 aliphatic rings. The van der Waals surface area contributed by atoms with Gasteiger partial charge in [-0.1, -0.05) is 17.3 Å². The minimum Gasteiger partial charge on any atom is -0.406 e. The number of amides is 1. The molecule has 2 aromatic carbocycles. The van der Waals surface area contributed by atoms with Gasteiger partial charge in [0.2, 0.25) is 5.91 Å². The third-order valence-corrected chi connectivity index (χ3v) is 4.94. The molecule has 1 heterocycles. The molecule has 0 aliphatic carbocycles. The van der Waals surface area contributed by atoms with Crippen LogP contribution in [0.4, 0.5) is 13.2 Å². The van der Waals surface area contributed by atoms with Gasteiger partial charge in [0.15, 0.2) is 0 Å². The van der Waals surface area contributed by atoms with Gasteiger partial charge in [-0.2, -0.15) is 0 Å². The molecule has 1 atom stereocenters. The summed E-state index contributed by atoms with van der Waals surface area (Å²) >= 11 is 1.48. The van der Waals surface area contributed by atoms with E-state index in [1.165, 1.54) is 23.9 Å². The average molecular weight is 438 g/mol. The second-order valence-electron chi connectivity index (χ2n) is 6.34. The molecular weight excluding hydrogens is 421 g/mol. The number of aromatic nitrogens is 3. The van der Waals surface area contributed by atoms with Crippen molar-refractivity contribution in [2.24, 2.45) is 0 Å². The molecule has 1 aromatic heterocycles. The van der Waals surface area contributed by atoms with E-state index in [4.69, 9.17) is 0 Å². The molecule has 30 heavy (non-hydrogen) atoms. The fourth-order valence-electron chi connectivity index (χ4n) is 2.75. The highest BCUT2D eigenvalue weighted by atomic mass is 32.2. The van der Waals surface area contributed by atoms with E-state index in [2.05, 4.69) is 20.4 Å². The first-order valence-electron chi connectivity index (χ1n) is 8.73. The molecular formula is C19H17F3N4O3S. The lowest BCUT2D eigenvalue weighted by atomic mass is 10.1. The molecule has 7 nitrogen and oxygen atoms in total. The van der Waals surface area contributed by atoms with Crippen molar-refractivity contribution in [3.05, 3.63) is 58.4 Å². The Kier molecular flexibility index (Phi) is 6.30. The van der Waals surface area contributed by atoms with E-state index < -0.39 is 23.9 Å². The molecule has 3 aromatic rings. The molecule has 0 fully saturated rings. The fraction of sp³-hybridized carbons (Fsp3) is 0.263. The maximum Gasteiger partial charge on any atom is 0.573 e. The fourth-order valence-corrected chi connectivity index (χ4v) is 3.19. The number of ether oxygens (including phenoxy) is 1. The summed E-state index contributed by atoms with van der Waals surface area (Å²) in [5, 5.41) is 10.8. The normalized spacial score (nSPS) is 12.6. The van der Waals surface area contributed by atoms with Crippen molar-refractivity contribution in [2.75, 3.05) is 6.26 Å². The van der Waals surface area contributed by atoms with Crippen molar-refractivity contribution >= 4 is 28.6 Å². The molecule has 158 valence electrons. The van der Waals surface area contributed by atoms with Crippen LogP contribution in [0.3, 0.4) is 0 Å². The lowest BCUT2D eigenvalue weighted by Crippen LogP contribution is -2.35. The SMILES string of the molecule is CSc1ccc2nnn(CC(=O)N[C@@H](C)c3ccc(OC(F)(F)F)cc3)c(=O)c2c1. The largest absolute Gasteiger partial charge is 0.573 e. The second kappa shape index (κ2) is 8.74. The molecule has 1 N–H and O–H groups in total. The van der Waals surface area contributed by atoms with E-state index in [-0.39, 0.29) is 12.3 Å². The average Bonchev–Trinajstić information content (AvgIpc) is 2.69. The number of hydrogen-bond acceptors (Lipinski definition) is 6. The molecule has 0 saturated heterocycles. The summed E-state index contributed by atoms with van der Waals surface area (Å²) in [7, 11) is 0.